The van der Waals surface area contributed by atoms with Crippen LogP contribution in [-0.4, -0.2) is 55.3 Å². The highest BCUT2D eigenvalue weighted by Gasteiger charge is 2.25. The van der Waals surface area contributed by atoms with Crippen LogP contribution in [0.5, 0.6) is 5.75 Å². The van der Waals surface area contributed by atoms with Crippen molar-refractivity contribution >= 4 is 29.9 Å². The summed E-state index contributed by atoms with van der Waals surface area (Å²) in [7, 11) is 1.75. The van der Waals surface area contributed by atoms with Crippen LogP contribution < -0.4 is 15.4 Å². The number of guanidine groups is 1. The van der Waals surface area contributed by atoms with E-state index in [1.54, 1.807) is 7.11 Å². The summed E-state index contributed by atoms with van der Waals surface area (Å²) in [5, 5.41) is 6.82. The number of hydrogen-bond donors (Lipinski definition) is 2. The van der Waals surface area contributed by atoms with Crippen molar-refractivity contribution < 1.29 is 4.74 Å². The Labute approximate surface area is 191 Å². The number of benzene rings is 1. The van der Waals surface area contributed by atoms with Gasteiger partial charge in [0.15, 0.2) is 5.96 Å². The summed E-state index contributed by atoms with van der Waals surface area (Å²) < 4.78 is 7.80. The first-order valence-electron chi connectivity index (χ1n) is 10.3. The topological polar surface area (TPSA) is 53.8 Å². The number of ether oxygens (including phenoxy) is 1. The molecule has 6 nitrogen and oxygen atoms in total. The second kappa shape index (κ2) is 12.7. The van der Waals surface area contributed by atoms with Crippen LogP contribution in [0.2, 0.25) is 0 Å². The molecule has 0 bridgehead atoms. The van der Waals surface area contributed by atoms with Crippen molar-refractivity contribution in [2.75, 3.05) is 39.8 Å². The van der Waals surface area contributed by atoms with Crippen molar-refractivity contribution in [2.24, 2.45) is 4.99 Å². The van der Waals surface area contributed by atoms with Crippen molar-refractivity contribution in [1.29, 1.82) is 0 Å². The maximum Gasteiger partial charge on any atom is 0.191 e. The van der Waals surface area contributed by atoms with E-state index in [0.29, 0.717) is 6.54 Å². The lowest BCUT2D eigenvalue weighted by atomic mass is 10.0. The number of nitrogens with zero attached hydrogens (tertiary/aromatic N) is 3. The lowest BCUT2D eigenvalue weighted by molar-refractivity contribution is 0.245. The van der Waals surface area contributed by atoms with E-state index in [1.165, 1.54) is 18.4 Å². The average Bonchev–Trinajstić information content (AvgIpc) is 3.43. The lowest BCUT2D eigenvalue weighted by Gasteiger charge is -2.28. The highest BCUT2D eigenvalue weighted by Crippen LogP contribution is 2.31. The van der Waals surface area contributed by atoms with E-state index < -0.39 is 0 Å². The third-order valence-corrected chi connectivity index (χ3v) is 5.17. The summed E-state index contributed by atoms with van der Waals surface area (Å²) in [6.07, 6.45) is 6.67. The van der Waals surface area contributed by atoms with Gasteiger partial charge in [-0.2, -0.15) is 0 Å². The van der Waals surface area contributed by atoms with Crippen LogP contribution in [0.25, 0.3) is 0 Å². The van der Waals surface area contributed by atoms with Gasteiger partial charge in [0.2, 0.25) is 0 Å². The SMILES string of the molecule is CCNC(=NCC(c1ccccc1OC)N1CCCC1)NCCn1cccc1.I. The zero-order valence-corrected chi connectivity index (χ0v) is 19.8. The van der Waals surface area contributed by atoms with Gasteiger partial charge >= 0.3 is 0 Å². The van der Waals surface area contributed by atoms with Crippen molar-refractivity contribution in [2.45, 2.75) is 32.4 Å². The molecule has 0 aliphatic carbocycles. The second-order valence-electron chi connectivity index (χ2n) is 7.07. The highest BCUT2D eigenvalue weighted by atomic mass is 127. The molecule has 160 valence electrons. The fourth-order valence-corrected chi connectivity index (χ4v) is 3.75. The number of methoxy groups -OCH3 is 1. The number of nitrogens with one attached hydrogen (secondary N) is 2. The molecule has 2 N–H and O–H groups in total. The van der Waals surface area contributed by atoms with Gasteiger partial charge in [-0.25, -0.2) is 0 Å². The van der Waals surface area contributed by atoms with E-state index in [0.717, 1.165) is 44.4 Å². The summed E-state index contributed by atoms with van der Waals surface area (Å²) in [5.74, 6) is 1.81. The lowest BCUT2D eigenvalue weighted by Crippen LogP contribution is -2.39. The van der Waals surface area contributed by atoms with Crippen molar-refractivity contribution in [3.8, 4) is 5.75 Å². The predicted molar refractivity (Wildman–Crippen MR) is 130 cm³/mol. The van der Waals surface area contributed by atoms with Crippen LogP contribution in [0, 0.1) is 0 Å². The number of aromatic nitrogens is 1. The minimum atomic E-state index is 0. The number of para-hydroxylation sites is 1. The molecule has 3 rings (SSSR count). The molecule has 0 spiro atoms. The van der Waals surface area contributed by atoms with Gasteiger partial charge in [0, 0.05) is 37.6 Å². The van der Waals surface area contributed by atoms with Crippen LogP contribution in [0.1, 0.15) is 31.4 Å². The van der Waals surface area contributed by atoms with Crippen LogP contribution >= 0.6 is 24.0 Å². The minimum Gasteiger partial charge on any atom is -0.496 e. The first-order valence-corrected chi connectivity index (χ1v) is 10.3. The molecule has 0 saturated carbocycles. The molecule has 1 aromatic heterocycles. The van der Waals surface area contributed by atoms with Gasteiger partial charge in [0.25, 0.3) is 0 Å². The third kappa shape index (κ3) is 6.92. The van der Waals surface area contributed by atoms with Crippen LogP contribution in [0.15, 0.2) is 53.8 Å². The quantitative estimate of drug-likeness (QED) is 0.308. The number of hydrogen-bond acceptors (Lipinski definition) is 3. The fourth-order valence-electron chi connectivity index (χ4n) is 3.75. The molecule has 1 unspecified atom stereocenters. The Morgan fingerprint density at radius 2 is 1.83 bits per heavy atom. The molecule has 1 fully saturated rings. The molecule has 1 aromatic carbocycles. The van der Waals surface area contributed by atoms with E-state index in [-0.39, 0.29) is 30.0 Å². The van der Waals surface area contributed by atoms with Gasteiger partial charge < -0.3 is 19.9 Å². The summed E-state index contributed by atoms with van der Waals surface area (Å²) in [4.78, 5) is 7.45. The maximum absolute atomic E-state index is 5.64. The Bertz CT molecular complexity index is 729. The molecule has 1 atom stereocenters. The van der Waals surface area contributed by atoms with Crippen LogP contribution in [0.4, 0.5) is 0 Å². The standard InChI is InChI=1S/C22H33N5O.HI/c1-3-23-22(24-12-17-26-13-6-7-14-26)25-18-20(27-15-8-9-16-27)19-10-4-5-11-21(19)28-2;/h4-7,10-11,13-14,20H,3,8-9,12,15-18H2,1-2H3,(H2,23,24,25);1H. The Hall–Kier alpha value is -1.74. The van der Waals surface area contributed by atoms with Gasteiger partial charge in [0.1, 0.15) is 5.75 Å². The molecule has 2 aromatic rings. The van der Waals surface area contributed by atoms with Gasteiger partial charge in [-0.15, -0.1) is 24.0 Å². The first kappa shape index (κ1) is 23.5. The molecular weight excluding hydrogens is 477 g/mol. The average molecular weight is 511 g/mol. The fraction of sp³-hybridized carbons (Fsp3) is 0.500. The normalized spacial score (nSPS) is 15.6. The summed E-state index contributed by atoms with van der Waals surface area (Å²) in [6, 6.07) is 12.7. The Balaban J connectivity index is 0.00000300. The molecule has 0 radical (unpaired) electrons. The molecule has 1 aliphatic rings. The van der Waals surface area contributed by atoms with Gasteiger partial charge in [-0.05, 0) is 51.1 Å². The molecule has 1 saturated heterocycles. The van der Waals surface area contributed by atoms with Crippen LogP contribution in [-0.2, 0) is 6.54 Å². The number of rotatable bonds is 9. The zero-order chi connectivity index (χ0) is 19.6. The number of aliphatic imine (C=N–C) groups is 1. The Morgan fingerprint density at radius 3 is 2.52 bits per heavy atom. The van der Waals surface area contributed by atoms with Gasteiger partial charge in [0.05, 0.1) is 19.7 Å². The van der Waals surface area contributed by atoms with E-state index in [4.69, 9.17) is 9.73 Å². The monoisotopic (exact) mass is 511 g/mol. The minimum absolute atomic E-state index is 0. The molecule has 0 amide bonds. The zero-order valence-electron chi connectivity index (χ0n) is 17.5. The third-order valence-electron chi connectivity index (χ3n) is 5.17. The molecule has 2 heterocycles. The predicted octanol–water partition coefficient (Wildman–Crippen LogP) is 3.51. The summed E-state index contributed by atoms with van der Waals surface area (Å²) >= 11 is 0. The van der Waals surface area contributed by atoms with E-state index in [9.17, 15) is 0 Å². The summed E-state index contributed by atoms with van der Waals surface area (Å²) in [6.45, 7) is 7.65. The number of likely N-dealkylation sites (tertiary alicyclic amines) is 1. The number of halogens is 1. The van der Waals surface area contributed by atoms with E-state index >= 15 is 0 Å². The second-order valence-corrected chi connectivity index (χ2v) is 7.07. The molecule has 1 aliphatic heterocycles. The van der Waals surface area contributed by atoms with E-state index in [1.807, 2.05) is 24.3 Å². The van der Waals surface area contributed by atoms with Crippen molar-refractivity contribution in [3.63, 3.8) is 0 Å². The highest BCUT2D eigenvalue weighted by molar-refractivity contribution is 14.0. The largest absolute Gasteiger partial charge is 0.496 e. The maximum atomic E-state index is 5.64. The Kier molecular flexibility index (Phi) is 10.3. The molecule has 29 heavy (non-hydrogen) atoms. The van der Waals surface area contributed by atoms with Crippen molar-refractivity contribution in [3.05, 3.63) is 54.4 Å². The van der Waals surface area contributed by atoms with Crippen molar-refractivity contribution in [1.82, 2.24) is 20.1 Å². The summed E-state index contributed by atoms with van der Waals surface area (Å²) in [5.41, 5.74) is 1.22. The first-order chi connectivity index (χ1) is 13.8. The molecule has 7 heteroatoms. The van der Waals surface area contributed by atoms with Gasteiger partial charge in [-0.1, -0.05) is 18.2 Å². The Morgan fingerprint density at radius 1 is 1.10 bits per heavy atom. The van der Waals surface area contributed by atoms with Gasteiger partial charge in [-0.3, -0.25) is 9.89 Å². The van der Waals surface area contributed by atoms with Crippen LogP contribution in [0.3, 0.4) is 0 Å². The smallest absolute Gasteiger partial charge is 0.191 e. The van der Waals surface area contributed by atoms with E-state index in [2.05, 4.69) is 51.6 Å². The molecular formula is C22H34IN5O.